The van der Waals surface area contributed by atoms with Crippen LogP contribution in [-0.4, -0.2) is 14.9 Å². The second kappa shape index (κ2) is 10.2. The van der Waals surface area contributed by atoms with Crippen molar-refractivity contribution in [3.05, 3.63) is 124 Å². The first-order chi connectivity index (χ1) is 15.7. The van der Waals surface area contributed by atoms with E-state index in [2.05, 4.69) is 15.3 Å². The molecule has 160 valence electrons. The first kappa shape index (κ1) is 21.0. The summed E-state index contributed by atoms with van der Waals surface area (Å²) in [6, 6.07) is 29.4. The highest BCUT2D eigenvalue weighted by molar-refractivity contribution is 5.70. The van der Waals surface area contributed by atoms with Crippen LogP contribution in [0.25, 0.3) is 0 Å². The lowest BCUT2D eigenvalue weighted by molar-refractivity contribution is -0.383. The van der Waals surface area contributed by atoms with Crippen molar-refractivity contribution in [2.45, 2.75) is 19.6 Å². The molecule has 4 aromatic rings. The standard InChI is InChI=1S/C25H23N5O2/c31-30(32)23-24(26-16-20-10-4-1-5-11-20)27-19-28-25(23)29(17-21-12-6-2-7-13-21)18-22-14-8-3-9-15-22/h1-15,19H,16-18H2,(H,26,27,28). The Morgan fingerprint density at radius 3 is 1.75 bits per heavy atom. The lowest BCUT2D eigenvalue weighted by Crippen LogP contribution is -2.25. The van der Waals surface area contributed by atoms with E-state index >= 15 is 0 Å². The Kier molecular flexibility index (Phi) is 6.67. The first-order valence-electron chi connectivity index (χ1n) is 10.3. The van der Waals surface area contributed by atoms with Crippen LogP contribution in [0.5, 0.6) is 0 Å². The average molecular weight is 425 g/mol. The van der Waals surface area contributed by atoms with Gasteiger partial charge in [0.05, 0.1) is 4.92 Å². The summed E-state index contributed by atoms with van der Waals surface area (Å²) < 4.78 is 0. The molecule has 1 aromatic heterocycles. The van der Waals surface area contributed by atoms with Crippen molar-refractivity contribution in [2.75, 3.05) is 10.2 Å². The highest BCUT2D eigenvalue weighted by Crippen LogP contribution is 2.33. The monoisotopic (exact) mass is 425 g/mol. The molecule has 0 unspecified atom stereocenters. The van der Waals surface area contributed by atoms with E-state index in [1.165, 1.54) is 6.33 Å². The zero-order valence-electron chi connectivity index (χ0n) is 17.5. The molecule has 7 heteroatoms. The maximum absolute atomic E-state index is 12.1. The minimum Gasteiger partial charge on any atom is -0.360 e. The molecule has 0 saturated heterocycles. The van der Waals surface area contributed by atoms with E-state index in [0.717, 1.165) is 16.7 Å². The highest BCUT2D eigenvalue weighted by atomic mass is 16.6. The molecule has 1 N–H and O–H groups in total. The van der Waals surface area contributed by atoms with Crippen LogP contribution < -0.4 is 10.2 Å². The quantitative estimate of drug-likeness (QED) is 0.293. The van der Waals surface area contributed by atoms with Gasteiger partial charge in [-0.2, -0.15) is 0 Å². The van der Waals surface area contributed by atoms with Gasteiger partial charge in [-0.25, -0.2) is 9.97 Å². The third kappa shape index (κ3) is 5.26. The van der Waals surface area contributed by atoms with E-state index in [4.69, 9.17) is 0 Å². The van der Waals surface area contributed by atoms with E-state index in [1.54, 1.807) is 0 Å². The van der Waals surface area contributed by atoms with Crippen LogP contribution >= 0.6 is 0 Å². The summed E-state index contributed by atoms with van der Waals surface area (Å²) in [5, 5.41) is 15.2. The molecule has 0 bridgehead atoms. The molecular weight excluding hydrogens is 402 g/mol. The van der Waals surface area contributed by atoms with Gasteiger partial charge in [0.15, 0.2) is 0 Å². The fraction of sp³-hybridized carbons (Fsp3) is 0.120. The maximum atomic E-state index is 12.1. The Morgan fingerprint density at radius 1 is 0.750 bits per heavy atom. The van der Waals surface area contributed by atoms with Crippen LogP contribution in [0.2, 0.25) is 0 Å². The van der Waals surface area contributed by atoms with Crippen LogP contribution in [0.4, 0.5) is 17.3 Å². The molecule has 7 nitrogen and oxygen atoms in total. The van der Waals surface area contributed by atoms with E-state index in [1.807, 2.05) is 95.9 Å². The van der Waals surface area contributed by atoms with Gasteiger partial charge in [-0.05, 0) is 16.7 Å². The van der Waals surface area contributed by atoms with Crippen molar-refractivity contribution in [1.82, 2.24) is 9.97 Å². The molecule has 0 spiro atoms. The summed E-state index contributed by atoms with van der Waals surface area (Å²) in [5.74, 6) is 0.489. The number of benzene rings is 3. The Hall–Kier alpha value is -4.26. The van der Waals surface area contributed by atoms with Crippen LogP contribution in [0.3, 0.4) is 0 Å². The van der Waals surface area contributed by atoms with Gasteiger partial charge in [-0.15, -0.1) is 0 Å². The molecule has 0 aliphatic heterocycles. The largest absolute Gasteiger partial charge is 0.360 e. The number of nitrogens with zero attached hydrogens (tertiary/aromatic N) is 4. The lowest BCUT2D eigenvalue weighted by Gasteiger charge is -2.24. The Balaban J connectivity index is 1.69. The number of hydrogen-bond donors (Lipinski definition) is 1. The van der Waals surface area contributed by atoms with Gasteiger partial charge in [0, 0.05) is 19.6 Å². The van der Waals surface area contributed by atoms with Crippen molar-refractivity contribution < 1.29 is 4.92 Å². The maximum Gasteiger partial charge on any atom is 0.353 e. The Morgan fingerprint density at radius 2 is 1.25 bits per heavy atom. The number of nitrogens with one attached hydrogen (secondary N) is 1. The molecule has 1 heterocycles. The van der Waals surface area contributed by atoms with Gasteiger partial charge in [-0.3, -0.25) is 10.1 Å². The number of hydrogen-bond acceptors (Lipinski definition) is 6. The Labute approximate surface area is 186 Å². The van der Waals surface area contributed by atoms with Gasteiger partial charge < -0.3 is 10.2 Å². The van der Waals surface area contributed by atoms with Crippen molar-refractivity contribution in [2.24, 2.45) is 0 Å². The van der Waals surface area contributed by atoms with E-state index in [0.29, 0.717) is 19.6 Å². The van der Waals surface area contributed by atoms with Gasteiger partial charge >= 0.3 is 5.69 Å². The van der Waals surface area contributed by atoms with E-state index in [-0.39, 0.29) is 17.3 Å². The van der Waals surface area contributed by atoms with Crippen molar-refractivity contribution in [1.29, 1.82) is 0 Å². The smallest absolute Gasteiger partial charge is 0.353 e. The molecule has 3 aromatic carbocycles. The summed E-state index contributed by atoms with van der Waals surface area (Å²) in [5.41, 5.74) is 2.95. The molecule has 32 heavy (non-hydrogen) atoms. The van der Waals surface area contributed by atoms with Crippen molar-refractivity contribution in [3.63, 3.8) is 0 Å². The molecule has 0 saturated carbocycles. The van der Waals surface area contributed by atoms with E-state index < -0.39 is 4.92 Å². The topological polar surface area (TPSA) is 84.2 Å². The van der Waals surface area contributed by atoms with Gasteiger partial charge in [0.1, 0.15) is 6.33 Å². The van der Waals surface area contributed by atoms with Crippen molar-refractivity contribution in [3.8, 4) is 0 Å². The van der Waals surface area contributed by atoms with Gasteiger partial charge in [0.25, 0.3) is 0 Å². The minimum absolute atomic E-state index is 0.129. The number of aromatic nitrogens is 2. The zero-order chi connectivity index (χ0) is 22.2. The Bertz CT molecular complexity index is 1110. The number of anilines is 2. The predicted molar refractivity (Wildman–Crippen MR) is 125 cm³/mol. The van der Waals surface area contributed by atoms with E-state index in [9.17, 15) is 10.1 Å². The molecule has 0 radical (unpaired) electrons. The number of rotatable bonds is 9. The molecule has 4 rings (SSSR count). The minimum atomic E-state index is -0.411. The second-order valence-corrected chi connectivity index (χ2v) is 7.32. The highest BCUT2D eigenvalue weighted by Gasteiger charge is 2.27. The fourth-order valence-electron chi connectivity index (χ4n) is 3.49. The predicted octanol–water partition coefficient (Wildman–Crippen LogP) is 5.20. The van der Waals surface area contributed by atoms with Crippen molar-refractivity contribution >= 4 is 17.3 Å². The molecule has 0 aliphatic carbocycles. The molecule has 0 amide bonds. The summed E-state index contributed by atoms with van der Waals surface area (Å²) in [7, 11) is 0. The third-order valence-corrected chi connectivity index (χ3v) is 5.02. The fourth-order valence-corrected chi connectivity index (χ4v) is 3.49. The van der Waals surface area contributed by atoms with Crippen LogP contribution in [0.15, 0.2) is 97.3 Å². The molecule has 0 atom stereocenters. The SMILES string of the molecule is O=[N+]([O-])c1c(NCc2ccccc2)ncnc1N(Cc1ccccc1)Cc1ccccc1. The molecule has 0 fully saturated rings. The first-order valence-corrected chi connectivity index (χ1v) is 10.3. The third-order valence-electron chi connectivity index (χ3n) is 5.02. The lowest BCUT2D eigenvalue weighted by atomic mass is 10.1. The van der Waals surface area contributed by atoms with Crippen LogP contribution in [0.1, 0.15) is 16.7 Å². The van der Waals surface area contributed by atoms with Crippen LogP contribution in [-0.2, 0) is 19.6 Å². The summed E-state index contributed by atoms with van der Waals surface area (Å²) in [6.45, 7) is 1.38. The normalized spacial score (nSPS) is 10.5. The van der Waals surface area contributed by atoms with Gasteiger partial charge in [0.2, 0.25) is 11.6 Å². The number of nitro groups is 1. The summed E-state index contributed by atoms with van der Waals surface area (Å²) in [6.07, 6.45) is 1.37. The average Bonchev–Trinajstić information content (AvgIpc) is 2.84. The van der Waals surface area contributed by atoms with Crippen LogP contribution in [0, 0.1) is 10.1 Å². The second-order valence-electron chi connectivity index (χ2n) is 7.32. The molecular formula is C25H23N5O2. The summed E-state index contributed by atoms with van der Waals surface area (Å²) in [4.78, 5) is 22.1. The van der Waals surface area contributed by atoms with Gasteiger partial charge in [-0.1, -0.05) is 91.0 Å². The zero-order valence-corrected chi connectivity index (χ0v) is 17.5. The molecule has 0 aliphatic rings. The summed E-state index contributed by atoms with van der Waals surface area (Å²) >= 11 is 0.